The summed E-state index contributed by atoms with van der Waals surface area (Å²) < 4.78 is 22.5. The zero-order chi connectivity index (χ0) is 14.3. The predicted octanol–water partition coefficient (Wildman–Crippen LogP) is 1.27. The molecule has 1 aromatic carbocycles. The quantitative estimate of drug-likeness (QED) is 0.790. The smallest absolute Gasteiger partial charge is 0.344 e. The highest BCUT2D eigenvalue weighted by Crippen LogP contribution is 2.11. The van der Waals surface area contributed by atoms with Gasteiger partial charge in [-0.1, -0.05) is 6.07 Å². The molecule has 0 aromatic heterocycles. The first-order valence-electron chi connectivity index (χ1n) is 5.80. The summed E-state index contributed by atoms with van der Waals surface area (Å²) >= 11 is 0. The Morgan fingerprint density at radius 2 is 2.05 bits per heavy atom. The van der Waals surface area contributed by atoms with E-state index in [1.165, 1.54) is 18.2 Å². The SMILES string of the molecule is CC(C)NC(=O)COC(=O)COc1cccc(F)c1. The second-order valence-corrected chi connectivity index (χ2v) is 4.13. The summed E-state index contributed by atoms with van der Waals surface area (Å²) in [6.45, 7) is 2.86. The topological polar surface area (TPSA) is 64.6 Å². The average molecular weight is 269 g/mol. The van der Waals surface area contributed by atoms with E-state index < -0.39 is 11.8 Å². The van der Waals surface area contributed by atoms with Crippen LogP contribution in [0.3, 0.4) is 0 Å². The van der Waals surface area contributed by atoms with Gasteiger partial charge in [-0.25, -0.2) is 9.18 Å². The van der Waals surface area contributed by atoms with Crippen LogP contribution in [0.5, 0.6) is 5.75 Å². The summed E-state index contributed by atoms with van der Waals surface area (Å²) in [5.41, 5.74) is 0. The summed E-state index contributed by atoms with van der Waals surface area (Å²) in [4.78, 5) is 22.5. The molecule has 0 fully saturated rings. The van der Waals surface area contributed by atoms with Crippen LogP contribution in [0.2, 0.25) is 0 Å². The van der Waals surface area contributed by atoms with Crippen molar-refractivity contribution >= 4 is 11.9 Å². The van der Waals surface area contributed by atoms with Gasteiger partial charge < -0.3 is 14.8 Å². The number of rotatable bonds is 6. The Balaban J connectivity index is 2.26. The van der Waals surface area contributed by atoms with Gasteiger partial charge in [0.15, 0.2) is 13.2 Å². The number of hydrogen-bond donors (Lipinski definition) is 1. The number of benzene rings is 1. The van der Waals surface area contributed by atoms with Crippen LogP contribution in [-0.4, -0.2) is 31.1 Å². The second kappa shape index (κ2) is 7.35. The third-order valence-corrected chi connectivity index (χ3v) is 1.97. The lowest BCUT2D eigenvalue weighted by atomic mass is 10.3. The highest BCUT2D eigenvalue weighted by Gasteiger charge is 2.09. The van der Waals surface area contributed by atoms with Gasteiger partial charge in [-0.05, 0) is 26.0 Å². The number of amides is 1. The van der Waals surface area contributed by atoms with Crippen molar-refractivity contribution in [2.45, 2.75) is 19.9 Å². The van der Waals surface area contributed by atoms with Crippen molar-refractivity contribution in [1.82, 2.24) is 5.32 Å². The molecule has 1 aromatic rings. The van der Waals surface area contributed by atoms with E-state index in [-0.39, 0.29) is 30.9 Å². The van der Waals surface area contributed by atoms with Gasteiger partial charge in [0.1, 0.15) is 11.6 Å². The van der Waals surface area contributed by atoms with Gasteiger partial charge in [0.2, 0.25) is 0 Å². The Hall–Kier alpha value is -2.11. The van der Waals surface area contributed by atoms with Crippen LogP contribution in [0.15, 0.2) is 24.3 Å². The largest absolute Gasteiger partial charge is 0.482 e. The Morgan fingerprint density at radius 3 is 2.68 bits per heavy atom. The van der Waals surface area contributed by atoms with Crippen LogP contribution in [0.25, 0.3) is 0 Å². The molecular weight excluding hydrogens is 253 g/mol. The van der Waals surface area contributed by atoms with Crippen molar-refractivity contribution in [3.63, 3.8) is 0 Å². The van der Waals surface area contributed by atoms with E-state index in [4.69, 9.17) is 4.74 Å². The molecule has 0 aliphatic rings. The number of esters is 1. The van der Waals surface area contributed by atoms with Crippen molar-refractivity contribution in [2.75, 3.05) is 13.2 Å². The number of nitrogens with one attached hydrogen (secondary N) is 1. The molecule has 1 N–H and O–H groups in total. The zero-order valence-electron chi connectivity index (χ0n) is 10.8. The van der Waals surface area contributed by atoms with Gasteiger partial charge in [-0.2, -0.15) is 0 Å². The fraction of sp³-hybridized carbons (Fsp3) is 0.385. The van der Waals surface area contributed by atoms with Gasteiger partial charge in [0, 0.05) is 12.1 Å². The fourth-order valence-electron chi connectivity index (χ4n) is 1.25. The molecule has 1 rings (SSSR count). The lowest BCUT2D eigenvalue weighted by Crippen LogP contribution is -2.34. The highest BCUT2D eigenvalue weighted by atomic mass is 19.1. The molecule has 6 heteroatoms. The summed E-state index contributed by atoms with van der Waals surface area (Å²) in [5.74, 6) is -1.30. The third-order valence-electron chi connectivity index (χ3n) is 1.97. The number of halogens is 1. The summed E-state index contributed by atoms with van der Waals surface area (Å²) in [6, 6.07) is 5.38. The lowest BCUT2D eigenvalue weighted by Gasteiger charge is -2.09. The Labute approximate surface area is 110 Å². The second-order valence-electron chi connectivity index (χ2n) is 4.13. The van der Waals surface area contributed by atoms with Crippen LogP contribution >= 0.6 is 0 Å². The van der Waals surface area contributed by atoms with Crippen molar-refractivity contribution in [1.29, 1.82) is 0 Å². The van der Waals surface area contributed by atoms with E-state index in [2.05, 4.69) is 10.1 Å². The van der Waals surface area contributed by atoms with Gasteiger partial charge in [0.25, 0.3) is 5.91 Å². The molecule has 5 nitrogen and oxygen atoms in total. The first-order valence-corrected chi connectivity index (χ1v) is 5.80. The maximum atomic E-state index is 12.8. The van der Waals surface area contributed by atoms with Crippen molar-refractivity contribution < 1.29 is 23.5 Å². The average Bonchev–Trinajstić information content (AvgIpc) is 2.33. The molecule has 0 saturated carbocycles. The highest BCUT2D eigenvalue weighted by molar-refractivity contribution is 5.81. The monoisotopic (exact) mass is 269 g/mol. The molecule has 0 unspecified atom stereocenters. The number of carbonyl (C=O) groups is 2. The predicted molar refractivity (Wildman–Crippen MR) is 66.1 cm³/mol. The Bertz CT molecular complexity index is 448. The minimum Gasteiger partial charge on any atom is -0.482 e. The van der Waals surface area contributed by atoms with Crippen LogP contribution in [-0.2, 0) is 14.3 Å². The number of ether oxygens (including phenoxy) is 2. The number of carbonyl (C=O) groups excluding carboxylic acids is 2. The maximum absolute atomic E-state index is 12.8. The fourth-order valence-corrected chi connectivity index (χ4v) is 1.25. The summed E-state index contributed by atoms with van der Waals surface area (Å²) in [5, 5.41) is 2.57. The van der Waals surface area contributed by atoms with Crippen LogP contribution in [0.4, 0.5) is 4.39 Å². The van der Waals surface area contributed by atoms with Gasteiger partial charge in [0.05, 0.1) is 0 Å². The Kier molecular flexibility index (Phi) is 5.78. The Morgan fingerprint density at radius 1 is 1.32 bits per heavy atom. The van der Waals surface area contributed by atoms with Crippen LogP contribution < -0.4 is 10.1 Å². The minimum absolute atomic E-state index is 0.0188. The van der Waals surface area contributed by atoms with E-state index in [1.807, 2.05) is 0 Å². The van der Waals surface area contributed by atoms with Crippen LogP contribution in [0.1, 0.15) is 13.8 Å². The van der Waals surface area contributed by atoms with Gasteiger partial charge in [-0.15, -0.1) is 0 Å². The molecule has 0 heterocycles. The lowest BCUT2D eigenvalue weighted by molar-refractivity contribution is -0.150. The van der Waals surface area contributed by atoms with Crippen molar-refractivity contribution in [3.05, 3.63) is 30.1 Å². The molecular formula is C13H16FNO4. The summed E-state index contributed by atoms with van der Waals surface area (Å²) in [6.07, 6.45) is 0. The molecule has 0 bridgehead atoms. The van der Waals surface area contributed by atoms with E-state index in [9.17, 15) is 14.0 Å². The van der Waals surface area contributed by atoms with Gasteiger partial charge in [-0.3, -0.25) is 4.79 Å². The molecule has 104 valence electrons. The molecule has 19 heavy (non-hydrogen) atoms. The zero-order valence-corrected chi connectivity index (χ0v) is 10.8. The molecule has 1 amide bonds. The first kappa shape index (κ1) is 14.9. The molecule has 0 radical (unpaired) electrons. The molecule has 0 aliphatic carbocycles. The van der Waals surface area contributed by atoms with Crippen LogP contribution in [0, 0.1) is 5.82 Å². The first-order chi connectivity index (χ1) is 8.97. The summed E-state index contributed by atoms with van der Waals surface area (Å²) in [7, 11) is 0. The van der Waals surface area contributed by atoms with E-state index in [1.54, 1.807) is 13.8 Å². The molecule has 0 atom stereocenters. The van der Waals surface area contributed by atoms with Crippen molar-refractivity contribution in [3.8, 4) is 5.75 Å². The van der Waals surface area contributed by atoms with E-state index in [0.29, 0.717) is 0 Å². The molecule has 0 saturated heterocycles. The van der Waals surface area contributed by atoms with Crippen molar-refractivity contribution in [2.24, 2.45) is 0 Å². The maximum Gasteiger partial charge on any atom is 0.344 e. The standard InChI is InChI=1S/C13H16FNO4/c1-9(2)15-12(16)7-19-13(17)8-18-11-5-3-4-10(14)6-11/h3-6,9H,7-8H2,1-2H3,(H,15,16). The number of hydrogen-bond acceptors (Lipinski definition) is 4. The molecule has 0 aliphatic heterocycles. The third kappa shape index (κ3) is 6.40. The normalized spacial score (nSPS) is 10.1. The van der Waals surface area contributed by atoms with E-state index in [0.717, 1.165) is 6.07 Å². The minimum atomic E-state index is -0.692. The van der Waals surface area contributed by atoms with Gasteiger partial charge >= 0.3 is 5.97 Å². The molecule has 0 spiro atoms. The van der Waals surface area contributed by atoms with E-state index >= 15 is 0 Å².